The van der Waals surface area contributed by atoms with E-state index >= 15 is 0 Å². The zero-order valence-electron chi connectivity index (χ0n) is 17.4. The smallest absolute Gasteiger partial charge is 0.322 e. The van der Waals surface area contributed by atoms with Gasteiger partial charge in [0.1, 0.15) is 5.01 Å². The van der Waals surface area contributed by atoms with Crippen LogP contribution in [0.5, 0.6) is 0 Å². The lowest BCUT2D eigenvalue weighted by atomic mass is 10.2. The molecule has 0 bridgehead atoms. The van der Waals surface area contributed by atoms with E-state index in [4.69, 9.17) is 4.74 Å². The van der Waals surface area contributed by atoms with Crippen molar-refractivity contribution in [1.29, 1.82) is 0 Å². The maximum atomic E-state index is 13.1. The van der Waals surface area contributed by atoms with Crippen LogP contribution in [0.2, 0.25) is 0 Å². The molecule has 4 rings (SSSR count). The van der Waals surface area contributed by atoms with Crippen LogP contribution >= 0.6 is 11.3 Å². The molecular formula is C23H27N5O2S. The minimum atomic E-state index is -0.102. The lowest BCUT2D eigenvalue weighted by Gasteiger charge is -2.28. The molecule has 7 nitrogen and oxygen atoms in total. The molecule has 0 aliphatic carbocycles. The van der Waals surface area contributed by atoms with Gasteiger partial charge in [-0.2, -0.15) is 0 Å². The van der Waals surface area contributed by atoms with E-state index in [0.29, 0.717) is 13.1 Å². The second kappa shape index (κ2) is 11.0. The Labute approximate surface area is 186 Å². The van der Waals surface area contributed by atoms with Crippen LogP contribution in [0.4, 0.5) is 10.5 Å². The van der Waals surface area contributed by atoms with Crippen molar-refractivity contribution in [2.45, 2.75) is 13.0 Å². The van der Waals surface area contributed by atoms with Gasteiger partial charge in [-0.05, 0) is 36.2 Å². The van der Waals surface area contributed by atoms with E-state index in [9.17, 15) is 4.79 Å². The van der Waals surface area contributed by atoms with Crippen molar-refractivity contribution in [2.75, 3.05) is 44.7 Å². The number of morpholine rings is 1. The van der Waals surface area contributed by atoms with E-state index in [1.807, 2.05) is 46.7 Å². The largest absolute Gasteiger partial charge is 0.379 e. The number of thiazole rings is 1. The molecule has 0 unspecified atom stereocenters. The second-order valence-electron chi connectivity index (χ2n) is 7.43. The number of rotatable bonds is 8. The molecule has 31 heavy (non-hydrogen) atoms. The molecule has 2 amide bonds. The third-order valence-corrected chi connectivity index (χ3v) is 6.03. The fraction of sp³-hybridized carbons (Fsp3) is 0.348. The fourth-order valence-corrected chi connectivity index (χ4v) is 4.20. The molecule has 8 heteroatoms. The van der Waals surface area contributed by atoms with Crippen LogP contribution in [0.25, 0.3) is 10.6 Å². The molecule has 0 saturated carbocycles. The van der Waals surface area contributed by atoms with Gasteiger partial charge in [-0.25, -0.2) is 9.78 Å². The van der Waals surface area contributed by atoms with E-state index in [0.717, 1.165) is 61.1 Å². The van der Waals surface area contributed by atoms with Crippen molar-refractivity contribution in [3.8, 4) is 10.6 Å². The quantitative estimate of drug-likeness (QED) is 0.578. The van der Waals surface area contributed by atoms with Crippen LogP contribution in [0.1, 0.15) is 12.0 Å². The average molecular weight is 438 g/mol. The Hall–Kier alpha value is -2.81. The highest BCUT2D eigenvalue weighted by Crippen LogP contribution is 2.24. The Balaban J connectivity index is 1.41. The van der Waals surface area contributed by atoms with E-state index in [2.05, 4.69) is 20.2 Å². The molecule has 0 radical (unpaired) electrons. The summed E-state index contributed by atoms with van der Waals surface area (Å²) in [6, 6.07) is 11.6. The first-order chi connectivity index (χ1) is 15.3. The molecule has 162 valence electrons. The Bertz CT molecular complexity index is 946. The molecule has 3 heterocycles. The third kappa shape index (κ3) is 6.33. The summed E-state index contributed by atoms with van der Waals surface area (Å²) in [6.07, 6.45) is 6.22. The monoisotopic (exact) mass is 437 g/mol. The minimum absolute atomic E-state index is 0.102. The molecule has 1 fully saturated rings. The number of hydrogen-bond donors (Lipinski definition) is 1. The van der Waals surface area contributed by atoms with Gasteiger partial charge in [0.05, 0.1) is 13.2 Å². The predicted octanol–water partition coefficient (Wildman–Crippen LogP) is 3.96. The number of aromatic nitrogens is 2. The number of pyridine rings is 1. The SMILES string of the molecule is O=C(Nc1cccc(-c2nccs2)c1)N(CCCN1CCOCC1)Cc1ccncc1. The van der Waals surface area contributed by atoms with Gasteiger partial charge < -0.3 is 15.0 Å². The Morgan fingerprint density at radius 1 is 1.16 bits per heavy atom. The van der Waals surface area contributed by atoms with Crippen LogP contribution in [0.3, 0.4) is 0 Å². The number of nitrogens with zero attached hydrogens (tertiary/aromatic N) is 4. The number of nitrogens with one attached hydrogen (secondary N) is 1. The first-order valence-electron chi connectivity index (χ1n) is 10.5. The van der Waals surface area contributed by atoms with Gasteiger partial charge in [-0.15, -0.1) is 11.3 Å². The average Bonchev–Trinajstić information content (AvgIpc) is 3.35. The van der Waals surface area contributed by atoms with Gasteiger partial charge in [0, 0.05) is 67.9 Å². The van der Waals surface area contributed by atoms with Crippen LogP contribution in [-0.2, 0) is 11.3 Å². The van der Waals surface area contributed by atoms with Crippen LogP contribution in [0, 0.1) is 0 Å². The molecular weight excluding hydrogens is 410 g/mol. The van der Waals surface area contributed by atoms with Gasteiger partial charge in [0.15, 0.2) is 0 Å². The van der Waals surface area contributed by atoms with Crippen molar-refractivity contribution in [2.24, 2.45) is 0 Å². The number of ether oxygens (including phenoxy) is 1. The number of hydrogen-bond acceptors (Lipinski definition) is 6. The molecule has 0 atom stereocenters. The van der Waals surface area contributed by atoms with E-state index in [1.165, 1.54) is 0 Å². The highest BCUT2D eigenvalue weighted by Gasteiger charge is 2.16. The first kappa shape index (κ1) is 21.4. The van der Waals surface area contributed by atoms with Crippen LogP contribution in [0.15, 0.2) is 60.4 Å². The second-order valence-corrected chi connectivity index (χ2v) is 8.33. The third-order valence-electron chi connectivity index (χ3n) is 5.21. The van der Waals surface area contributed by atoms with Gasteiger partial charge in [0.25, 0.3) is 0 Å². The van der Waals surface area contributed by atoms with Crippen molar-refractivity contribution < 1.29 is 9.53 Å². The highest BCUT2D eigenvalue weighted by atomic mass is 32.1. The van der Waals surface area contributed by atoms with Crippen molar-refractivity contribution in [3.05, 3.63) is 65.9 Å². The maximum absolute atomic E-state index is 13.1. The van der Waals surface area contributed by atoms with Gasteiger partial charge in [-0.1, -0.05) is 12.1 Å². The minimum Gasteiger partial charge on any atom is -0.379 e. The van der Waals surface area contributed by atoms with Gasteiger partial charge >= 0.3 is 6.03 Å². The summed E-state index contributed by atoms with van der Waals surface area (Å²) in [4.78, 5) is 25.8. The number of amides is 2. The van der Waals surface area contributed by atoms with Crippen LogP contribution < -0.4 is 5.32 Å². The molecule has 1 saturated heterocycles. The summed E-state index contributed by atoms with van der Waals surface area (Å²) < 4.78 is 5.42. The lowest BCUT2D eigenvalue weighted by molar-refractivity contribution is 0.0365. The number of benzene rings is 1. The fourth-order valence-electron chi connectivity index (χ4n) is 3.57. The summed E-state index contributed by atoms with van der Waals surface area (Å²) in [7, 11) is 0. The van der Waals surface area contributed by atoms with Crippen molar-refractivity contribution in [3.63, 3.8) is 0 Å². The molecule has 2 aromatic heterocycles. The van der Waals surface area contributed by atoms with E-state index in [-0.39, 0.29) is 6.03 Å². The molecule has 1 aliphatic rings. The summed E-state index contributed by atoms with van der Waals surface area (Å²) in [6.45, 7) is 5.68. The number of anilines is 1. The number of urea groups is 1. The molecule has 3 aromatic rings. The van der Waals surface area contributed by atoms with E-state index in [1.54, 1.807) is 29.9 Å². The number of carbonyl (C=O) groups is 1. The topological polar surface area (TPSA) is 70.6 Å². The van der Waals surface area contributed by atoms with Crippen molar-refractivity contribution >= 4 is 23.1 Å². The molecule has 1 aliphatic heterocycles. The lowest BCUT2D eigenvalue weighted by Crippen LogP contribution is -2.40. The Morgan fingerprint density at radius 3 is 2.77 bits per heavy atom. The molecule has 1 aromatic carbocycles. The Kier molecular flexibility index (Phi) is 7.60. The van der Waals surface area contributed by atoms with Gasteiger partial charge in [0.2, 0.25) is 0 Å². The first-order valence-corrected chi connectivity index (χ1v) is 11.4. The molecule has 0 spiro atoms. The highest BCUT2D eigenvalue weighted by molar-refractivity contribution is 7.13. The predicted molar refractivity (Wildman–Crippen MR) is 123 cm³/mol. The van der Waals surface area contributed by atoms with Crippen molar-refractivity contribution in [1.82, 2.24) is 19.8 Å². The van der Waals surface area contributed by atoms with Gasteiger partial charge in [-0.3, -0.25) is 9.88 Å². The zero-order valence-corrected chi connectivity index (χ0v) is 18.3. The Morgan fingerprint density at radius 2 is 2.00 bits per heavy atom. The normalized spacial score (nSPS) is 14.3. The number of carbonyl (C=O) groups excluding carboxylic acids is 1. The standard InChI is InChI=1S/C23H27N5O2S/c29-23(26-21-4-1-3-20(17-21)22-25-9-16-31-22)28(18-19-5-7-24-8-6-19)11-2-10-27-12-14-30-15-13-27/h1,3-9,16-17H,2,10-15,18H2,(H,26,29). The maximum Gasteiger partial charge on any atom is 0.322 e. The summed E-state index contributed by atoms with van der Waals surface area (Å²) in [5.74, 6) is 0. The molecule has 1 N–H and O–H groups in total. The summed E-state index contributed by atoms with van der Waals surface area (Å²) >= 11 is 1.58. The zero-order chi connectivity index (χ0) is 21.3. The summed E-state index contributed by atoms with van der Waals surface area (Å²) in [5.41, 5.74) is 2.83. The van der Waals surface area contributed by atoms with Crippen LogP contribution in [-0.4, -0.2) is 65.2 Å². The van der Waals surface area contributed by atoms with E-state index < -0.39 is 0 Å². The summed E-state index contributed by atoms with van der Waals surface area (Å²) in [5, 5.41) is 5.96.